The largest absolute Gasteiger partial charge is 0.378 e. The van der Waals surface area contributed by atoms with E-state index >= 15 is 0 Å². The maximum atomic E-state index is 14.2. The van der Waals surface area contributed by atoms with E-state index in [1.54, 1.807) is 19.2 Å². The maximum Gasteiger partial charge on any atom is 0.264 e. The number of unbranched alkanes of at least 4 members (excludes halogenated alkanes) is 7. The first-order chi connectivity index (χ1) is 35.9. The molecule has 6 aromatic rings. The number of aliphatic hydroxyl groups excluding tert-OH is 1. The summed E-state index contributed by atoms with van der Waals surface area (Å²) in [6.45, 7) is 4.90. The van der Waals surface area contributed by atoms with E-state index in [0.29, 0.717) is 63.2 Å². The van der Waals surface area contributed by atoms with Crippen molar-refractivity contribution in [2.75, 3.05) is 45.2 Å². The van der Waals surface area contributed by atoms with Crippen LogP contribution in [0.2, 0.25) is 0 Å². The van der Waals surface area contributed by atoms with Gasteiger partial charge in [-0.25, -0.2) is 0 Å². The highest BCUT2D eigenvalue weighted by Crippen LogP contribution is 2.54. The fourth-order valence-electron chi connectivity index (χ4n) is 13.6. The number of aliphatic hydroxyl groups is 1. The molecule has 4 aromatic carbocycles. The van der Waals surface area contributed by atoms with E-state index < -0.39 is 54.0 Å². The second-order valence-electron chi connectivity index (χ2n) is 21.3. The number of carbonyl (C=O) groups excluding carboxylic acids is 6. The summed E-state index contributed by atoms with van der Waals surface area (Å²) in [7, 11) is 3.64. The average molecular weight is 1010 g/mol. The van der Waals surface area contributed by atoms with Gasteiger partial charge in [0.25, 0.3) is 17.7 Å². The molecule has 6 aliphatic rings. The molecule has 12 rings (SSSR count). The highest BCUT2D eigenvalue weighted by molar-refractivity contribution is 6.31. The van der Waals surface area contributed by atoms with E-state index in [9.17, 15) is 33.9 Å². The van der Waals surface area contributed by atoms with Crippen LogP contribution in [0.1, 0.15) is 133 Å². The molecule has 2 aromatic heterocycles. The van der Waals surface area contributed by atoms with Crippen molar-refractivity contribution in [2.24, 2.45) is 0 Å². The van der Waals surface area contributed by atoms with E-state index in [4.69, 9.17) is 9.47 Å². The molecular weight excluding hydrogens is 941 g/mol. The number of hydrogen-bond donors (Lipinski definition) is 3. The second-order valence-corrected chi connectivity index (χ2v) is 21.3. The lowest BCUT2D eigenvalue weighted by molar-refractivity contribution is -0.266. The molecule has 2 bridgehead atoms. The van der Waals surface area contributed by atoms with Gasteiger partial charge in [-0.2, -0.15) is 0 Å². The Morgan fingerprint density at radius 3 is 2.24 bits per heavy atom. The Kier molecular flexibility index (Phi) is 12.3. The number of piperidine rings is 1. The van der Waals surface area contributed by atoms with Crippen LogP contribution >= 0.6 is 0 Å². The number of hydrogen-bond acceptors (Lipinski definition) is 11. The van der Waals surface area contributed by atoms with Crippen molar-refractivity contribution >= 4 is 84.7 Å². The molecule has 6 atom stereocenters. The first-order valence-electron chi connectivity index (χ1n) is 26.7. The summed E-state index contributed by atoms with van der Waals surface area (Å²) < 4.78 is 18.4. The molecule has 3 N–H and O–H groups in total. The lowest BCUT2D eigenvalue weighted by atomic mass is 9.91. The van der Waals surface area contributed by atoms with Gasteiger partial charge >= 0.3 is 0 Å². The Labute approximate surface area is 428 Å². The van der Waals surface area contributed by atoms with Crippen LogP contribution in [0.4, 0.5) is 5.69 Å². The number of likely N-dealkylation sites (N-methyl/N-ethyl adjacent to an activating group) is 1. The van der Waals surface area contributed by atoms with Crippen LogP contribution in [0.15, 0.2) is 66.7 Å². The zero-order valence-electron chi connectivity index (χ0n) is 42.4. The number of aromatic nitrogens is 2. The average Bonchev–Trinajstić information content (AvgIpc) is 4.18. The molecule has 74 heavy (non-hydrogen) atoms. The smallest absolute Gasteiger partial charge is 0.264 e. The molecular formula is C57H64N8O9. The summed E-state index contributed by atoms with van der Waals surface area (Å²) in [4.78, 5) is 86.3. The van der Waals surface area contributed by atoms with Crippen LogP contribution in [0.3, 0.4) is 0 Å². The molecule has 0 saturated carbocycles. The van der Waals surface area contributed by atoms with E-state index in [1.165, 1.54) is 0 Å². The van der Waals surface area contributed by atoms with Crippen LogP contribution < -0.4 is 15.5 Å². The van der Waals surface area contributed by atoms with Crippen molar-refractivity contribution in [3.8, 4) is 0 Å². The number of rotatable bonds is 16. The zero-order chi connectivity index (χ0) is 51.2. The fourth-order valence-corrected chi connectivity index (χ4v) is 13.6. The first-order valence-corrected chi connectivity index (χ1v) is 26.7. The van der Waals surface area contributed by atoms with Gasteiger partial charge in [-0.15, -0.1) is 0 Å². The van der Waals surface area contributed by atoms with Gasteiger partial charge in [0.2, 0.25) is 17.7 Å². The highest BCUT2D eigenvalue weighted by atomic mass is 16.6. The standard InChI is InChI=1S/C57H64N8O9/c1-57-52(73-3)41(31-45(74-57)63-37-20-14-12-17-33(37)48-49-36(32-58-54(49)70)46-34-18-13-15-21-38(34)65(57)51(46)50(48)63)60(2)43(67)23-10-8-6-4-5-7-9-11-24-44(68)62-29-27-61(28-30-62)39-22-16-19-35-47(39)56(72)64(55(35)71)40-25-26-42(66)59-53(40)69/h12-22,40-41,44-45,52,68H,4-11,23-32H2,1-3H3,(H,58,70)(H,59,66,69)/t40?,41-,44?,45-,52-,57+/m1/s1. The van der Waals surface area contributed by atoms with Crippen LogP contribution in [0.5, 0.6) is 0 Å². The number of ether oxygens (including phenoxy) is 2. The minimum absolute atomic E-state index is 0.0587. The molecule has 6 amide bonds. The Bertz CT molecular complexity index is 3320. The first kappa shape index (κ1) is 48.3. The highest BCUT2D eigenvalue weighted by Gasteiger charge is 2.55. The monoisotopic (exact) mass is 1000 g/mol. The fraction of sp³-hybridized carbons (Fsp3) is 0.474. The van der Waals surface area contributed by atoms with Crippen LogP contribution in [0.25, 0.3) is 43.6 Å². The number of imide groups is 2. The SMILES string of the molecule is CO[C@@H]1[C@H](N(C)C(=O)CCCCCCCCCCC(O)N2CCN(c3cccc4c3C(=O)N(C3CCC(=O)NC3=O)C4=O)CC2)C[C@H]2O[C@]1(C)n1c3ccccc3c3c4c(c5c6ccccc6n2c5c31)C(=O)NC4. The van der Waals surface area contributed by atoms with Crippen molar-refractivity contribution in [1.29, 1.82) is 0 Å². The van der Waals surface area contributed by atoms with Crippen molar-refractivity contribution in [1.82, 2.24) is 34.5 Å². The number of para-hydroxylation sites is 2. The van der Waals surface area contributed by atoms with Crippen molar-refractivity contribution in [3.63, 3.8) is 0 Å². The predicted octanol–water partition coefficient (Wildman–Crippen LogP) is 7.04. The lowest BCUT2D eigenvalue weighted by Crippen LogP contribution is -2.61. The number of nitrogens with zero attached hydrogens (tertiary/aromatic N) is 6. The minimum Gasteiger partial charge on any atom is -0.378 e. The molecule has 3 saturated heterocycles. The maximum absolute atomic E-state index is 14.2. The van der Waals surface area contributed by atoms with Gasteiger partial charge in [0.05, 0.1) is 50.5 Å². The molecule has 386 valence electrons. The van der Waals surface area contributed by atoms with Gasteiger partial charge in [-0.3, -0.25) is 43.9 Å². The van der Waals surface area contributed by atoms with Crippen LogP contribution in [-0.4, -0.2) is 129 Å². The van der Waals surface area contributed by atoms with Gasteiger partial charge in [0, 0.05) is 87.7 Å². The van der Waals surface area contributed by atoms with E-state index in [0.717, 1.165) is 111 Å². The van der Waals surface area contributed by atoms with E-state index in [1.807, 2.05) is 42.3 Å². The number of benzene rings is 4. The van der Waals surface area contributed by atoms with Crippen LogP contribution in [-0.2, 0) is 36.1 Å². The molecule has 0 radical (unpaired) electrons. The molecule has 17 nitrogen and oxygen atoms in total. The zero-order valence-corrected chi connectivity index (χ0v) is 42.4. The number of carbonyl (C=O) groups is 6. The molecule has 0 aliphatic carbocycles. The van der Waals surface area contributed by atoms with Gasteiger partial charge in [-0.1, -0.05) is 81.0 Å². The topological polar surface area (TPSA) is 188 Å². The predicted molar refractivity (Wildman–Crippen MR) is 278 cm³/mol. The van der Waals surface area contributed by atoms with Gasteiger partial charge in [-0.05, 0) is 62.4 Å². The summed E-state index contributed by atoms with van der Waals surface area (Å²) in [5.74, 6) is -2.04. The number of methoxy groups -OCH3 is 1. The molecule has 0 spiro atoms. The summed E-state index contributed by atoms with van der Waals surface area (Å²) in [6, 6.07) is 20.5. The van der Waals surface area contributed by atoms with Gasteiger partial charge in [0.15, 0.2) is 5.72 Å². The summed E-state index contributed by atoms with van der Waals surface area (Å²) >= 11 is 0. The minimum atomic E-state index is -1.01. The second kappa shape index (κ2) is 18.9. The van der Waals surface area contributed by atoms with Crippen LogP contribution in [0, 0.1) is 0 Å². The molecule has 6 aliphatic heterocycles. The van der Waals surface area contributed by atoms with E-state index in [2.05, 4.69) is 60.8 Å². The Balaban J connectivity index is 0.619. The number of anilines is 1. The van der Waals surface area contributed by atoms with Crippen molar-refractivity contribution in [2.45, 2.75) is 133 Å². The third kappa shape index (κ3) is 7.54. The molecule has 3 fully saturated rings. The summed E-state index contributed by atoms with van der Waals surface area (Å²) in [5.41, 5.74) is 5.94. The molecule has 17 heteroatoms. The summed E-state index contributed by atoms with van der Waals surface area (Å²) in [6.07, 6.45) is 8.35. The Hall–Kier alpha value is -6.66. The number of nitrogens with one attached hydrogen (secondary N) is 2. The van der Waals surface area contributed by atoms with Gasteiger partial charge < -0.3 is 38.8 Å². The third-order valence-electron chi connectivity index (χ3n) is 17.2. The number of piperazine rings is 1. The number of fused-ring (bicyclic) bond motifs is 14. The number of amides is 6. The summed E-state index contributed by atoms with van der Waals surface area (Å²) in [5, 5.41) is 20.6. The normalized spacial score (nSPS) is 24.1. The van der Waals surface area contributed by atoms with Gasteiger partial charge in [0.1, 0.15) is 24.6 Å². The van der Waals surface area contributed by atoms with Crippen molar-refractivity contribution in [3.05, 3.63) is 89.0 Å². The van der Waals surface area contributed by atoms with Crippen molar-refractivity contribution < 1.29 is 43.3 Å². The quantitative estimate of drug-likeness (QED) is 0.0667. The lowest BCUT2D eigenvalue weighted by Gasteiger charge is -2.50. The molecule has 2 unspecified atom stereocenters. The molecule has 8 heterocycles. The van der Waals surface area contributed by atoms with E-state index in [-0.39, 0.29) is 36.3 Å². The third-order valence-corrected chi connectivity index (χ3v) is 17.2. The Morgan fingerprint density at radius 1 is 0.824 bits per heavy atom. The Morgan fingerprint density at radius 2 is 1.51 bits per heavy atom.